The summed E-state index contributed by atoms with van der Waals surface area (Å²) in [6.07, 6.45) is 2.26. The molecule has 0 aliphatic carbocycles. The standard InChI is InChI=1S/C21H19ClO8/c1-10(20(25)26)7-8-30-14-6-4-5-12(15(14)21(27)28)18(24)16-13(23)9-11(2)17(22)19(16)29-3/h4-10,23H,1-3H3,(H,25,26)(H,27,28)/b8-7-/t10-/m1/s1. The summed E-state index contributed by atoms with van der Waals surface area (Å²) in [5.41, 5.74) is -0.555. The molecule has 0 radical (unpaired) electrons. The van der Waals surface area contributed by atoms with Crippen LogP contribution in [0.1, 0.15) is 38.8 Å². The maximum atomic E-state index is 13.1. The number of methoxy groups -OCH3 is 1. The average molecular weight is 435 g/mol. The number of carboxylic acid groups (broad SMARTS) is 2. The summed E-state index contributed by atoms with van der Waals surface area (Å²) in [5.74, 6) is -4.93. The molecule has 0 amide bonds. The number of aromatic hydroxyl groups is 1. The van der Waals surface area contributed by atoms with Crippen molar-refractivity contribution in [1.29, 1.82) is 0 Å². The minimum Gasteiger partial charge on any atom is -0.507 e. The van der Waals surface area contributed by atoms with Crippen molar-refractivity contribution in [2.75, 3.05) is 7.11 Å². The van der Waals surface area contributed by atoms with Crippen molar-refractivity contribution in [1.82, 2.24) is 0 Å². The van der Waals surface area contributed by atoms with Gasteiger partial charge in [-0.1, -0.05) is 17.7 Å². The van der Waals surface area contributed by atoms with Crippen LogP contribution in [0.15, 0.2) is 36.6 Å². The Labute approximate surface area is 176 Å². The van der Waals surface area contributed by atoms with Crippen LogP contribution in [0.3, 0.4) is 0 Å². The van der Waals surface area contributed by atoms with Gasteiger partial charge in [0.25, 0.3) is 0 Å². The number of carboxylic acids is 2. The zero-order valence-corrected chi connectivity index (χ0v) is 17.1. The van der Waals surface area contributed by atoms with Gasteiger partial charge in [-0.25, -0.2) is 4.79 Å². The number of aliphatic carboxylic acids is 1. The van der Waals surface area contributed by atoms with E-state index in [1.54, 1.807) is 6.92 Å². The van der Waals surface area contributed by atoms with E-state index < -0.39 is 35.0 Å². The summed E-state index contributed by atoms with van der Waals surface area (Å²) < 4.78 is 10.4. The quantitative estimate of drug-likeness (QED) is 0.421. The molecule has 0 spiro atoms. The highest BCUT2D eigenvalue weighted by atomic mass is 35.5. The number of hydrogen-bond acceptors (Lipinski definition) is 6. The fourth-order valence-corrected chi connectivity index (χ4v) is 2.87. The Morgan fingerprint density at radius 2 is 1.83 bits per heavy atom. The van der Waals surface area contributed by atoms with Gasteiger partial charge < -0.3 is 24.8 Å². The number of phenols is 1. The van der Waals surface area contributed by atoms with E-state index in [1.165, 1.54) is 44.4 Å². The maximum Gasteiger partial charge on any atom is 0.340 e. The van der Waals surface area contributed by atoms with Crippen LogP contribution in [0.2, 0.25) is 5.02 Å². The topological polar surface area (TPSA) is 130 Å². The summed E-state index contributed by atoms with van der Waals surface area (Å²) in [7, 11) is 1.27. The predicted molar refractivity (Wildman–Crippen MR) is 108 cm³/mol. The van der Waals surface area contributed by atoms with Crippen LogP contribution in [0.25, 0.3) is 0 Å². The molecule has 0 aliphatic heterocycles. The number of ether oxygens (including phenoxy) is 2. The van der Waals surface area contributed by atoms with Gasteiger partial charge in [0, 0.05) is 5.56 Å². The number of benzene rings is 2. The molecule has 2 rings (SSSR count). The largest absolute Gasteiger partial charge is 0.507 e. The number of rotatable bonds is 8. The Morgan fingerprint density at radius 1 is 1.17 bits per heavy atom. The van der Waals surface area contributed by atoms with Crippen LogP contribution in [0.4, 0.5) is 0 Å². The average Bonchev–Trinajstić information content (AvgIpc) is 2.69. The van der Waals surface area contributed by atoms with Crippen molar-refractivity contribution >= 4 is 29.3 Å². The minimum atomic E-state index is -1.45. The zero-order valence-electron chi connectivity index (χ0n) is 16.3. The molecule has 0 aromatic heterocycles. The lowest BCUT2D eigenvalue weighted by atomic mass is 9.95. The predicted octanol–water partition coefficient (Wildman–Crippen LogP) is 3.91. The van der Waals surface area contributed by atoms with Crippen LogP contribution in [-0.2, 0) is 4.79 Å². The van der Waals surface area contributed by atoms with Crippen LogP contribution >= 0.6 is 11.6 Å². The van der Waals surface area contributed by atoms with Gasteiger partial charge in [-0.3, -0.25) is 9.59 Å². The first-order valence-electron chi connectivity index (χ1n) is 8.63. The summed E-state index contributed by atoms with van der Waals surface area (Å²) in [6, 6.07) is 5.24. The van der Waals surface area contributed by atoms with Gasteiger partial charge >= 0.3 is 11.9 Å². The van der Waals surface area contributed by atoms with E-state index in [0.717, 1.165) is 6.26 Å². The van der Waals surface area contributed by atoms with Crippen molar-refractivity contribution in [2.24, 2.45) is 5.92 Å². The molecule has 3 N–H and O–H groups in total. The fraction of sp³-hybridized carbons (Fsp3) is 0.190. The molecule has 0 aliphatic rings. The van der Waals surface area contributed by atoms with E-state index in [1.807, 2.05) is 0 Å². The molecule has 9 heteroatoms. The molecule has 30 heavy (non-hydrogen) atoms. The number of carbonyl (C=O) groups excluding carboxylic acids is 1. The molecule has 0 fully saturated rings. The van der Waals surface area contributed by atoms with Crippen LogP contribution in [-0.4, -0.2) is 40.2 Å². The molecule has 2 aromatic carbocycles. The number of phenolic OH excluding ortho intramolecular Hbond substituents is 1. The first kappa shape index (κ1) is 22.8. The first-order chi connectivity index (χ1) is 14.1. The molecule has 0 bridgehead atoms. The number of aryl methyl sites for hydroxylation is 1. The van der Waals surface area contributed by atoms with Crippen molar-refractivity contribution in [2.45, 2.75) is 13.8 Å². The van der Waals surface area contributed by atoms with E-state index in [2.05, 4.69) is 0 Å². The van der Waals surface area contributed by atoms with Crippen LogP contribution in [0, 0.1) is 12.8 Å². The molecule has 0 unspecified atom stereocenters. The molecule has 158 valence electrons. The third kappa shape index (κ3) is 4.55. The van der Waals surface area contributed by atoms with Gasteiger partial charge in [-0.15, -0.1) is 0 Å². The lowest BCUT2D eigenvalue weighted by Crippen LogP contribution is -2.13. The lowest BCUT2D eigenvalue weighted by Gasteiger charge is -2.15. The molecule has 2 aromatic rings. The Morgan fingerprint density at radius 3 is 2.40 bits per heavy atom. The first-order valence-corrected chi connectivity index (χ1v) is 9.01. The monoisotopic (exact) mass is 434 g/mol. The fourth-order valence-electron chi connectivity index (χ4n) is 2.64. The molecule has 8 nitrogen and oxygen atoms in total. The van der Waals surface area contributed by atoms with Crippen LogP contribution in [0.5, 0.6) is 17.2 Å². The maximum absolute atomic E-state index is 13.1. The van der Waals surface area contributed by atoms with E-state index in [9.17, 15) is 24.6 Å². The Kier molecular flexibility index (Phi) is 7.07. The van der Waals surface area contributed by atoms with Gasteiger partial charge in [-0.2, -0.15) is 0 Å². The number of ketones is 1. The smallest absolute Gasteiger partial charge is 0.340 e. The Balaban J connectivity index is 2.58. The van der Waals surface area contributed by atoms with E-state index in [0.29, 0.717) is 5.56 Å². The van der Waals surface area contributed by atoms with Crippen LogP contribution < -0.4 is 9.47 Å². The summed E-state index contributed by atoms with van der Waals surface area (Å²) in [5, 5.41) is 29.0. The lowest BCUT2D eigenvalue weighted by molar-refractivity contribution is -0.139. The van der Waals surface area contributed by atoms with Gasteiger partial charge in [0.2, 0.25) is 5.78 Å². The molecule has 0 saturated carbocycles. The van der Waals surface area contributed by atoms with E-state index in [4.69, 9.17) is 26.2 Å². The molecular formula is C21H19ClO8. The molecule has 0 saturated heterocycles. The second kappa shape index (κ2) is 9.32. The van der Waals surface area contributed by atoms with Gasteiger partial charge in [-0.05, 0) is 43.7 Å². The van der Waals surface area contributed by atoms with Gasteiger partial charge in [0.1, 0.15) is 22.6 Å². The zero-order chi connectivity index (χ0) is 22.6. The number of hydrogen-bond donors (Lipinski definition) is 3. The Bertz CT molecular complexity index is 1040. The van der Waals surface area contributed by atoms with Crippen molar-refractivity contribution in [3.8, 4) is 17.2 Å². The van der Waals surface area contributed by atoms with E-state index in [-0.39, 0.29) is 27.6 Å². The summed E-state index contributed by atoms with van der Waals surface area (Å²) in [6.45, 7) is 3.02. The third-order valence-corrected chi connectivity index (χ3v) is 4.72. The van der Waals surface area contributed by atoms with E-state index >= 15 is 0 Å². The molecule has 0 heterocycles. The second-order valence-electron chi connectivity index (χ2n) is 6.32. The van der Waals surface area contributed by atoms with Gasteiger partial charge in [0.05, 0.1) is 24.3 Å². The summed E-state index contributed by atoms with van der Waals surface area (Å²) in [4.78, 5) is 35.9. The SMILES string of the molecule is COc1c(Cl)c(C)cc(O)c1C(=O)c1cccc(O/C=C\[C@@H](C)C(=O)O)c1C(=O)O. The number of aromatic carboxylic acids is 1. The minimum absolute atomic E-state index is 0.0861. The normalized spacial score (nSPS) is 11.9. The molecule has 1 atom stereocenters. The molecular weight excluding hydrogens is 416 g/mol. The highest BCUT2D eigenvalue weighted by molar-refractivity contribution is 6.34. The third-order valence-electron chi connectivity index (χ3n) is 4.25. The highest BCUT2D eigenvalue weighted by Gasteiger charge is 2.28. The van der Waals surface area contributed by atoms with Gasteiger partial charge in [0.15, 0.2) is 5.75 Å². The van der Waals surface area contributed by atoms with Crippen molar-refractivity contribution in [3.05, 3.63) is 63.9 Å². The highest BCUT2D eigenvalue weighted by Crippen LogP contribution is 2.40. The summed E-state index contributed by atoms with van der Waals surface area (Å²) >= 11 is 6.17. The Hall–Kier alpha value is -3.52. The second-order valence-corrected chi connectivity index (χ2v) is 6.70. The van der Waals surface area contributed by atoms with Crippen molar-refractivity contribution < 1.29 is 39.2 Å². The number of carbonyl (C=O) groups is 3. The van der Waals surface area contributed by atoms with Crippen molar-refractivity contribution in [3.63, 3.8) is 0 Å². The number of halogens is 1.